The molecule has 0 saturated heterocycles. The van der Waals surface area contributed by atoms with Crippen molar-refractivity contribution >= 4 is 39.8 Å². The summed E-state index contributed by atoms with van der Waals surface area (Å²) in [6, 6.07) is 8.70. The van der Waals surface area contributed by atoms with E-state index >= 15 is 0 Å². The molecule has 106 valence electrons. The zero-order valence-corrected chi connectivity index (χ0v) is 13.6. The highest BCUT2D eigenvalue weighted by Gasteiger charge is 2.23. The van der Waals surface area contributed by atoms with Gasteiger partial charge in [0.25, 0.3) is 0 Å². The van der Waals surface area contributed by atoms with E-state index in [0.717, 1.165) is 20.9 Å². The van der Waals surface area contributed by atoms with Gasteiger partial charge in [0.05, 0.1) is 0 Å². The largest absolute Gasteiger partial charge is 0.357 e. The van der Waals surface area contributed by atoms with E-state index in [9.17, 15) is 0 Å². The molecule has 1 aliphatic rings. The Morgan fingerprint density at radius 2 is 2.10 bits per heavy atom. The molecular weight excluding hydrogens is 310 g/mol. The number of aromatic nitrogens is 2. The molecule has 0 spiro atoms. The van der Waals surface area contributed by atoms with Crippen molar-refractivity contribution in [1.29, 1.82) is 0 Å². The standard InChI is InChI=1S/C14H16ClN3S2/c1-2-12(9-3-5-10(15)6-4-9)19-14-18-17-13(20-14)16-11-7-8-11/h3-6,11-12H,2,7-8H2,1H3,(H,16,17)/t12-/m0/s1. The van der Waals surface area contributed by atoms with E-state index < -0.39 is 0 Å². The lowest BCUT2D eigenvalue weighted by Crippen LogP contribution is -1.99. The Morgan fingerprint density at radius 1 is 1.35 bits per heavy atom. The summed E-state index contributed by atoms with van der Waals surface area (Å²) < 4.78 is 1.02. The molecule has 3 nitrogen and oxygen atoms in total. The van der Waals surface area contributed by atoms with Gasteiger partial charge in [0.2, 0.25) is 5.13 Å². The minimum atomic E-state index is 0.397. The molecule has 1 heterocycles. The highest BCUT2D eigenvalue weighted by molar-refractivity contribution is 8.01. The minimum absolute atomic E-state index is 0.397. The first-order valence-electron chi connectivity index (χ1n) is 6.76. The van der Waals surface area contributed by atoms with Crippen LogP contribution >= 0.6 is 34.7 Å². The Hall–Kier alpha value is -0.780. The summed E-state index contributed by atoms with van der Waals surface area (Å²) in [7, 11) is 0. The normalized spacial score (nSPS) is 16.1. The number of hydrogen-bond donors (Lipinski definition) is 1. The Kier molecular flexibility index (Phi) is 4.48. The summed E-state index contributed by atoms with van der Waals surface area (Å²) in [5, 5.41) is 14.0. The summed E-state index contributed by atoms with van der Waals surface area (Å²) in [6.07, 6.45) is 3.56. The molecule has 0 amide bonds. The van der Waals surface area contributed by atoms with Gasteiger partial charge in [-0.15, -0.1) is 10.2 Å². The van der Waals surface area contributed by atoms with Crippen molar-refractivity contribution in [1.82, 2.24) is 10.2 Å². The molecule has 0 unspecified atom stereocenters. The van der Waals surface area contributed by atoms with Crippen LogP contribution in [0.2, 0.25) is 5.02 Å². The van der Waals surface area contributed by atoms with Crippen molar-refractivity contribution < 1.29 is 0 Å². The molecule has 1 aromatic carbocycles. The van der Waals surface area contributed by atoms with Gasteiger partial charge in [-0.1, -0.05) is 53.8 Å². The lowest BCUT2D eigenvalue weighted by Gasteiger charge is -2.12. The number of hydrogen-bond acceptors (Lipinski definition) is 5. The predicted molar refractivity (Wildman–Crippen MR) is 86.9 cm³/mol. The number of benzene rings is 1. The molecule has 1 fully saturated rings. The molecule has 1 aliphatic carbocycles. The Balaban J connectivity index is 1.67. The number of halogens is 1. The molecule has 0 aliphatic heterocycles. The number of nitrogens with zero attached hydrogens (tertiary/aromatic N) is 2. The van der Waals surface area contributed by atoms with Gasteiger partial charge in [-0.3, -0.25) is 0 Å². The lowest BCUT2D eigenvalue weighted by atomic mass is 10.1. The molecular formula is C14H16ClN3S2. The second-order valence-corrected chi connectivity index (χ2v) is 7.72. The van der Waals surface area contributed by atoms with Crippen LogP contribution in [-0.2, 0) is 0 Å². The summed E-state index contributed by atoms with van der Waals surface area (Å²) in [5.74, 6) is 0. The Labute approximate surface area is 132 Å². The third kappa shape index (κ3) is 3.65. The smallest absolute Gasteiger partial charge is 0.206 e. The zero-order valence-electron chi connectivity index (χ0n) is 11.2. The quantitative estimate of drug-likeness (QED) is 0.758. The molecule has 6 heteroatoms. The van der Waals surface area contributed by atoms with Gasteiger partial charge in [-0.05, 0) is 37.0 Å². The molecule has 1 saturated carbocycles. The molecule has 0 radical (unpaired) electrons. The van der Waals surface area contributed by atoms with Crippen molar-refractivity contribution in [3.63, 3.8) is 0 Å². The molecule has 1 aromatic heterocycles. The maximum atomic E-state index is 5.94. The van der Waals surface area contributed by atoms with Crippen LogP contribution in [-0.4, -0.2) is 16.2 Å². The highest BCUT2D eigenvalue weighted by Crippen LogP contribution is 2.40. The highest BCUT2D eigenvalue weighted by atomic mass is 35.5. The van der Waals surface area contributed by atoms with Crippen LogP contribution in [0.15, 0.2) is 28.6 Å². The maximum absolute atomic E-state index is 5.94. The summed E-state index contributed by atoms with van der Waals surface area (Å²) in [5.41, 5.74) is 1.29. The van der Waals surface area contributed by atoms with Gasteiger partial charge in [0.1, 0.15) is 0 Å². The van der Waals surface area contributed by atoms with Gasteiger partial charge in [0, 0.05) is 16.3 Å². The fourth-order valence-corrected chi connectivity index (χ4v) is 4.15. The molecule has 2 aromatic rings. The van der Waals surface area contributed by atoms with Crippen molar-refractivity contribution in [3.8, 4) is 0 Å². The Bertz CT molecular complexity index is 566. The first-order chi connectivity index (χ1) is 9.74. The number of nitrogens with one attached hydrogen (secondary N) is 1. The second-order valence-electron chi connectivity index (χ2n) is 4.86. The second kappa shape index (κ2) is 6.33. The van der Waals surface area contributed by atoms with Crippen LogP contribution < -0.4 is 5.32 Å². The molecule has 0 bridgehead atoms. The van der Waals surface area contributed by atoms with Gasteiger partial charge in [0.15, 0.2) is 4.34 Å². The molecule has 1 N–H and O–H groups in total. The van der Waals surface area contributed by atoms with Crippen molar-refractivity contribution in [2.24, 2.45) is 0 Å². The van der Waals surface area contributed by atoms with Crippen molar-refractivity contribution in [2.45, 2.75) is 41.8 Å². The van der Waals surface area contributed by atoms with Crippen LogP contribution in [0.25, 0.3) is 0 Å². The van der Waals surface area contributed by atoms with Crippen molar-refractivity contribution in [2.75, 3.05) is 5.32 Å². The molecule has 3 rings (SSSR count). The maximum Gasteiger partial charge on any atom is 0.206 e. The van der Waals surface area contributed by atoms with Crippen LogP contribution in [0.5, 0.6) is 0 Å². The summed E-state index contributed by atoms with van der Waals surface area (Å²) >= 11 is 9.37. The van der Waals surface area contributed by atoms with E-state index in [1.54, 1.807) is 23.1 Å². The monoisotopic (exact) mass is 325 g/mol. The summed E-state index contributed by atoms with van der Waals surface area (Å²) in [6.45, 7) is 2.19. The number of thioether (sulfide) groups is 1. The third-order valence-electron chi connectivity index (χ3n) is 3.17. The van der Waals surface area contributed by atoms with Gasteiger partial charge < -0.3 is 5.32 Å². The fraction of sp³-hybridized carbons (Fsp3) is 0.429. The summed E-state index contributed by atoms with van der Waals surface area (Å²) in [4.78, 5) is 0. The fourth-order valence-electron chi connectivity index (χ4n) is 1.90. The number of rotatable bonds is 6. The van der Waals surface area contributed by atoms with Gasteiger partial charge >= 0.3 is 0 Å². The van der Waals surface area contributed by atoms with Gasteiger partial charge in [-0.2, -0.15) is 0 Å². The van der Waals surface area contributed by atoms with E-state index in [1.807, 2.05) is 12.1 Å². The zero-order chi connectivity index (χ0) is 13.9. The average Bonchev–Trinajstić information content (AvgIpc) is 3.15. The lowest BCUT2D eigenvalue weighted by molar-refractivity contribution is 0.889. The van der Waals surface area contributed by atoms with E-state index in [1.165, 1.54) is 18.4 Å². The van der Waals surface area contributed by atoms with Crippen molar-refractivity contribution in [3.05, 3.63) is 34.9 Å². The first-order valence-corrected chi connectivity index (χ1v) is 8.84. The predicted octanol–water partition coefficient (Wildman–Crippen LogP) is 5.01. The first kappa shape index (κ1) is 14.2. The van der Waals surface area contributed by atoms with E-state index in [2.05, 4.69) is 34.6 Å². The van der Waals surface area contributed by atoms with E-state index in [4.69, 9.17) is 11.6 Å². The average molecular weight is 326 g/mol. The molecule has 20 heavy (non-hydrogen) atoms. The van der Waals surface area contributed by atoms with Crippen LogP contribution in [0.1, 0.15) is 37.0 Å². The SMILES string of the molecule is CC[C@H](Sc1nnc(NC2CC2)s1)c1ccc(Cl)cc1. The van der Waals surface area contributed by atoms with E-state index in [-0.39, 0.29) is 0 Å². The minimum Gasteiger partial charge on any atom is -0.357 e. The van der Waals surface area contributed by atoms with Crippen LogP contribution in [0.4, 0.5) is 5.13 Å². The molecule has 1 atom stereocenters. The topological polar surface area (TPSA) is 37.8 Å². The van der Waals surface area contributed by atoms with E-state index in [0.29, 0.717) is 11.3 Å². The Morgan fingerprint density at radius 3 is 2.75 bits per heavy atom. The van der Waals surface area contributed by atoms with Crippen LogP contribution in [0, 0.1) is 0 Å². The van der Waals surface area contributed by atoms with Crippen LogP contribution in [0.3, 0.4) is 0 Å². The number of anilines is 1. The van der Waals surface area contributed by atoms with Gasteiger partial charge in [-0.25, -0.2) is 0 Å². The third-order valence-corrected chi connectivity index (χ3v) is 5.78.